The van der Waals surface area contributed by atoms with Crippen LogP contribution in [0.4, 0.5) is 0 Å². The van der Waals surface area contributed by atoms with Crippen LogP contribution in [0.1, 0.15) is 10.5 Å². The first kappa shape index (κ1) is 12.9. The van der Waals surface area contributed by atoms with Crippen molar-refractivity contribution in [3.05, 3.63) is 51.7 Å². The summed E-state index contributed by atoms with van der Waals surface area (Å²) in [6.45, 7) is 0. The highest BCUT2D eigenvalue weighted by Gasteiger charge is 2.14. The average Bonchev–Trinajstić information content (AvgIpc) is 2.34. The number of ether oxygens (including phenoxy) is 1. The molecule has 0 atom stereocenters. The van der Waals surface area contributed by atoms with E-state index < -0.39 is 5.97 Å². The second-order valence-electron chi connectivity index (χ2n) is 3.33. The lowest BCUT2D eigenvalue weighted by Gasteiger charge is -2.09. The van der Waals surface area contributed by atoms with Crippen LogP contribution < -0.4 is 4.74 Å². The van der Waals surface area contributed by atoms with Gasteiger partial charge in [-0.05, 0) is 30.3 Å². The number of hydrogen-bond acceptors (Lipinski definition) is 3. The second kappa shape index (κ2) is 5.37. The van der Waals surface area contributed by atoms with Crippen LogP contribution in [-0.4, -0.2) is 16.1 Å². The van der Waals surface area contributed by atoms with Crippen LogP contribution in [-0.2, 0) is 0 Å². The standard InChI is InChI=1S/C12H7BrClNO3/c13-7-3-4-8(14)10(6-7)18-9-2-1-5-15-11(9)12(16)17/h1-6H,(H,16,17). The molecule has 0 saturated heterocycles. The van der Waals surface area contributed by atoms with Crippen LogP contribution in [0.25, 0.3) is 0 Å². The van der Waals surface area contributed by atoms with Gasteiger partial charge in [-0.3, -0.25) is 0 Å². The van der Waals surface area contributed by atoms with Crippen molar-refractivity contribution in [3.63, 3.8) is 0 Å². The number of aromatic nitrogens is 1. The Bertz CT molecular complexity index is 604. The predicted octanol–water partition coefficient (Wildman–Crippen LogP) is 3.99. The lowest BCUT2D eigenvalue weighted by molar-refractivity contribution is 0.0687. The van der Waals surface area contributed by atoms with Crippen molar-refractivity contribution in [2.75, 3.05) is 0 Å². The molecule has 0 radical (unpaired) electrons. The molecule has 6 heteroatoms. The molecule has 0 aliphatic heterocycles. The van der Waals surface area contributed by atoms with E-state index in [1.807, 2.05) is 0 Å². The SMILES string of the molecule is O=C(O)c1ncccc1Oc1cc(Br)ccc1Cl. The van der Waals surface area contributed by atoms with Crippen LogP contribution in [0.15, 0.2) is 41.0 Å². The van der Waals surface area contributed by atoms with Gasteiger partial charge < -0.3 is 9.84 Å². The van der Waals surface area contributed by atoms with Gasteiger partial charge in [0, 0.05) is 10.7 Å². The van der Waals surface area contributed by atoms with Crippen LogP contribution in [0.2, 0.25) is 5.02 Å². The summed E-state index contributed by atoms with van der Waals surface area (Å²) < 4.78 is 6.26. The van der Waals surface area contributed by atoms with Gasteiger partial charge in [0.1, 0.15) is 5.75 Å². The molecule has 0 unspecified atom stereocenters. The zero-order chi connectivity index (χ0) is 13.1. The van der Waals surface area contributed by atoms with Crippen molar-refractivity contribution in [2.45, 2.75) is 0 Å². The van der Waals surface area contributed by atoms with Gasteiger partial charge in [-0.15, -0.1) is 0 Å². The summed E-state index contributed by atoms with van der Waals surface area (Å²) in [5, 5.41) is 9.37. The van der Waals surface area contributed by atoms with Crippen molar-refractivity contribution >= 4 is 33.5 Å². The first-order chi connectivity index (χ1) is 8.58. The monoisotopic (exact) mass is 327 g/mol. The van der Waals surface area contributed by atoms with Crippen molar-refractivity contribution in [2.24, 2.45) is 0 Å². The highest BCUT2D eigenvalue weighted by molar-refractivity contribution is 9.10. The zero-order valence-corrected chi connectivity index (χ0v) is 11.3. The number of hydrogen-bond donors (Lipinski definition) is 1. The van der Waals surface area contributed by atoms with E-state index in [0.29, 0.717) is 10.8 Å². The minimum Gasteiger partial charge on any atom is -0.476 e. The Morgan fingerprint density at radius 3 is 2.83 bits per heavy atom. The fraction of sp³-hybridized carbons (Fsp3) is 0. The van der Waals surface area contributed by atoms with Crippen molar-refractivity contribution in [1.29, 1.82) is 0 Å². The number of rotatable bonds is 3. The summed E-state index contributed by atoms with van der Waals surface area (Å²) in [7, 11) is 0. The second-order valence-corrected chi connectivity index (χ2v) is 4.65. The third-order valence-electron chi connectivity index (χ3n) is 2.09. The maximum atomic E-state index is 11.0. The molecule has 1 heterocycles. The fourth-order valence-electron chi connectivity index (χ4n) is 1.31. The average molecular weight is 329 g/mol. The van der Waals surface area contributed by atoms with Crippen LogP contribution in [0, 0.1) is 0 Å². The number of nitrogens with zero attached hydrogens (tertiary/aromatic N) is 1. The highest BCUT2D eigenvalue weighted by atomic mass is 79.9. The molecule has 1 N–H and O–H groups in total. The normalized spacial score (nSPS) is 10.1. The highest BCUT2D eigenvalue weighted by Crippen LogP contribution is 2.32. The molecule has 0 amide bonds. The van der Waals surface area contributed by atoms with E-state index >= 15 is 0 Å². The quantitative estimate of drug-likeness (QED) is 0.925. The van der Waals surface area contributed by atoms with Crippen molar-refractivity contribution < 1.29 is 14.6 Å². The molecule has 2 aromatic rings. The number of benzene rings is 1. The van der Waals surface area contributed by atoms with E-state index in [2.05, 4.69) is 20.9 Å². The lowest BCUT2D eigenvalue weighted by atomic mass is 10.3. The molecule has 0 fully saturated rings. The molecule has 0 bridgehead atoms. The third-order valence-corrected chi connectivity index (χ3v) is 2.89. The first-order valence-electron chi connectivity index (χ1n) is 4.89. The maximum absolute atomic E-state index is 11.0. The Morgan fingerprint density at radius 2 is 2.11 bits per heavy atom. The van der Waals surface area contributed by atoms with Gasteiger partial charge >= 0.3 is 5.97 Å². The number of carboxylic acids is 1. The van der Waals surface area contributed by atoms with E-state index in [1.165, 1.54) is 12.3 Å². The minimum absolute atomic E-state index is 0.144. The third kappa shape index (κ3) is 2.80. The maximum Gasteiger partial charge on any atom is 0.358 e. The van der Waals surface area contributed by atoms with Gasteiger partial charge in [-0.2, -0.15) is 0 Å². The van der Waals surface area contributed by atoms with Gasteiger partial charge in [-0.25, -0.2) is 9.78 Å². The van der Waals surface area contributed by atoms with Crippen LogP contribution in [0.3, 0.4) is 0 Å². The van der Waals surface area contributed by atoms with Crippen LogP contribution in [0.5, 0.6) is 11.5 Å². The van der Waals surface area contributed by atoms with E-state index in [9.17, 15) is 4.79 Å². The first-order valence-corrected chi connectivity index (χ1v) is 6.06. The Kier molecular flexibility index (Phi) is 3.84. The molecular weight excluding hydrogens is 321 g/mol. The van der Waals surface area contributed by atoms with E-state index in [1.54, 1.807) is 24.3 Å². The minimum atomic E-state index is -1.16. The molecular formula is C12H7BrClNO3. The van der Waals surface area contributed by atoms with Crippen LogP contribution >= 0.6 is 27.5 Å². The summed E-state index contributed by atoms with van der Waals surface area (Å²) in [5.74, 6) is -0.650. The largest absolute Gasteiger partial charge is 0.476 e. The number of carboxylic acid groups (broad SMARTS) is 1. The van der Waals surface area contributed by atoms with Gasteiger partial charge in [0.2, 0.25) is 0 Å². The molecule has 2 rings (SSSR count). The van der Waals surface area contributed by atoms with E-state index in [0.717, 1.165) is 4.47 Å². The van der Waals surface area contributed by atoms with Gasteiger partial charge in [0.15, 0.2) is 11.4 Å². The molecule has 1 aromatic carbocycles. The topological polar surface area (TPSA) is 59.4 Å². The number of aromatic carboxylic acids is 1. The smallest absolute Gasteiger partial charge is 0.358 e. The van der Waals surface area contributed by atoms with E-state index in [-0.39, 0.29) is 11.4 Å². The van der Waals surface area contributed by atoms with Gasteiger partial charge in [0.05, 0.1) is 5.02 Å². The molecule has 92 valence electrons. The fourth-order valence-corrected chi connectivity index (χ4v) is 1.80. The molecule has 0 aliphatic carbocycles. The Morgan fingerprint density at radius 1 is 1.33 bits per heavy atom. The Labute approximate surface area is 116 Å². The molecule has 0 aliphatic rings. The number of halogens is 2. The summed E-state index contributed by atoms with van der Waals surface area (Å²) >= 11 is 9.25. The van der Waals surface area contributed by atoms with Crippen molar-refractivity contribution in [1.82, 2.24) is 4.98 Å². The molecule has 4 nitrogen and oxygen atoms in total. The van der Waals surface area contributed by atoms with Gasteiger partial charge in [-0.1, -0.05) is 27.5 Å². The van der Waals surface area contributed by atoms with Crippen molar-refractivity contribution in [3.8, 4) is 11.5 Å². The summed E-state index contributed by atoms with van der Waals surface area (Å²) in [6.07, 6.45) is 1.39. The molecule has 0 spiro atoms. The summed E-state index contributed by atoms with van der Waals surface area (Å²) in [4.78, 5) is 14.7. The summed E-state index contributed by atoms with van der Waals surface area (Å²) in [5.41, 5.74) is -0.159. The number of carbonyl (C=O) groups is 1. The predicted molar refractivity (Wildman–Crippen MR) is 70.4 cm³/mol. The Balaban J connectivity index is 2.40. The lowest BCUT2D eigenvalue weighted by Crippen LogP contribution is -2.02. The van der Waals surface area contributed by atoms with E-state index in [4.69, 9.17) is 21.4 Å². The molecule has 1 aromatic heterocycles. The molecule has 18 heavy (non-hydrogen) atoms. The van der Waals surface area contributed by atoms with Gasteiger partial charge in [0.25, 0.3) is 0 Å². The number of pyridine rings is 1. The molecule has 0 saturated carbocycles. The Hall–Kier alpha value is -1.59. The zero-order valence-electron chi connectivity index (χ0n) is 8.93. The summed E-state index contributed by atoms with van der Waals surface area (Å²) in [6, 6.07) is 8.18.